The van der Waals surface area contributed by atoms with E-state index in [0.29, 0.717) is 63.4 Å². The van der Waals surface area contributed by atoms with Crippen molar-refractivity contribution in [3.8, 4) is 17.2 Å². The number of anilines is 4. The minimum atomic E-state index is -0.736. The van der Waals surface area contributed by atoms with Crippen LogP contribution in [-0.2, 0) is 20.9 Å². The molecule has 13 nitrogen and oxygen atoms in total. The molecule has 1 unspecified atom stereocenters. The van der Waals surface area contributed by atoms with E-state index in [1.54, 1.807) is 49.7 Å². The second kappa shape index (κ2) is 13.4. The summed E-state index contributed by atoms with van der Waals surface area (Å²) in [4.78, 5) is 56.2. The first-order valence-corrected chi connectivity index (χ1v) is 14.4. The molecule has 0 saturated carbocycles. The summed E-state index contributed by atoms with van der Waals surface area (Å²) < 4.78 is 16.6. The highest BCUT2D eigenvalue weighted by Gasteiger charge is 2.40. The first-order chi connectivity index (χ1) is 21.8. The molecule has 3 aromatic rings. The molecule has 1 aromatic heterocycles. The quantitative estimate of drug-likeness (QED) is 0.185. The smallest absolute Gasteiger partial charge is 0.255 e. The summed E-state index contributed by atoms with van der Waals surface area (Å²) in [5.74, 6) is 0.425. The van der Waals surface area contributed by atoms with Crippen molar-refractivity contribution in [2.45, 2.75) is 32.4 Å². The summed E-state index contributed by atoms with van der Waals surface area (Å²) in [5, 5.41) is 11.5. The molecular weight excluding hydrogens is 580 g/mol. The van der Waals surface area contributed by atoms with Crippen molar-refractivity contribution in [3.05, 3.63) is 65.4 Å². The lowest BCUT2D eigenvalue weighted by Gasteiger charge is -2.29. The number of carbonyl (C=O) groups is 4. The lowest BCUT2D eigenvalue weighted by Crippen LogP contribution is -2.52. The van der Waals surface area contributed by atoms with Crippen molar-refractivity contribution in [1.82, 2.24) is 15.2 Å². The van der Waals surface area contributed by atoms with Gasteiger partial charge in [-0.3, -0.25) is 24.5 Å². The highest BCUT2D eigenvalue weighted by Crippen LogP contribution is 2.41. The number of hydrogen-bond acceptors (Lipinski definition) is 10. The van der Waals surface area contributed by atoms with Crippen molar-refractivity contribution < 1.29 is 33.4 Å². The van der Waals surface area contributed by atoms with Gasteiger partial charge in [0.25, 0.3) is 5.91 Å². The number of rotatable bonds is 11. The van der Waals surface area contributed by atoms with Gasteiger partial charge in [-0.1, -0.05) is 0 Å². The minimum absolute atomic E-state index is 0.166. The maximum atomic E-state index is 13.2. The zero-order valence-corrected chi connectivity index (χ0v) is 25.4. The summed E-state index contributed by atoms with van der Waals surface area (Å²) >= 11 is 0. The van der Waals surface area contributed by atoms with Gasteiger partial charge in [0.15, 0.2) is 11.5 Å². The summed E-state index contributed by atoms with van der Waals surface area (Å²) in [7, 11) is 4.77. The number of benzene rings is 2. The summed E-state index contributed by atoms with van der Waals surface area (Å²) in [6.45, 7) is 2.47. The van der Waals surface area contributed by atoms with Crippen LogP contribution in [0.15, 0.2) is 48.7 Å². The van der Waals surface area contributed by atoms with Gasteiger partial charge in [0, 0.05) is 66.8 Å². The van der Waals surface area contributed by atoms with E-state index in [1.807, 2.05) is 13.0 Å². The number of fused-ring (bicyclic) bond motifs is 1. The molecule has 1 atom stereocenters. The summed E-state index contributed by atoms with van der Waals surface area (Å²) in [5.41, 5.74) is 3.43. The number of piperidine rings is 1. The normalized spacial score (nSPS) is 15.9. The molecule has 2 aliphatic rings. The molecule has 5 rings (SSSR count). The number of imide groups is 1. The van der Waals surface area contributed by atoms with E-state index in [4.69, 9.17) is 14.2 Å². The number of ether oxygens (including phenoxy) is 3. The Kier molecular flexibility index (Phi) is 9.17. The van der Waals surface area contributed by atoms with Gasteiger partial charge in [-0.05, 0) is 43.7 Å². The van der Waals surface area contributed by atoms with Gasteiger partial charge >= 0.3 is 0 Å². The third kappa shape index (κ3) is 6.37. The van der Waals surface area contributed by atoms with Crippen LogP contribution in [0.4, 0.5) is 22.9 Å². The number of aromatic nitrogens is 1. The maximum Gasteiger partial charge on any atom is 0.255 e. The fourth-order valence-corrected chi connectivity index (χ4v) is 5.43. The number of nitrogens with zero attached hydrogens (tertiary/aromatic N) is 2. The van der Waals surface area contributed by atoms with E-state index in [-0.39, 0.29) is 31.2 Å². The van der Waals surface area contributed by atoms with Crippen LogP contribution in [0, 0.1) is 0 Å². The summed E-state index contributed by atoms with van der Waals surface area (Å²) in [6.07, 6.45) is 5.08. The van der Waals surface area contributed by atoms with Crippen LogP contribution in [0.1, 0.15) is 41.3 Å². The van der Waals surface area contributed by atoms with E-state index in [2.05, 4.69) is 26.3 Å². The van der Waals surface area contributed by atoms with Gasteiger partial charge in [0.2, 0.25) is 23.5 Å². The molecular formula is C32H34N6O7. The Balaban J connectivity index is 1.33. The average molecular weight is 615 g/mol. The molecule has 0 spiro atoms. The first-order valence-electron chi connectivity index (χ1n) is 14.4. The van der Waals surface area contributed by atoms with Gasteiger partial charge < -0.3 is 35.1 Å². The Labute approximate surface area is 259 Å². The lowest BCUT2D eigenvalue weighted by atomic mass is 10.0. The minimum Gasteiger partial charge on any atom is -0.493 e. The van der Waals surface area contributed by atoms with Crippen LogP contribution in [-0.4, -0.2) is 67.4 Å². The van der Waals surface area contributed by atoms with Crippen molar-refractivity contribution in [2.75, 3.05) is 43.8 Å². The van der Waals surface area contributed by atoms with E-state index < -0.39 is 17.9 Å². The van der Waals surface area contributed by atoms with Crippen molar-refractivity contribution in [3.63, 3.8) is 0 Å². The fourth-order valence-electron chi connectivity index (χ4n) is 5.43. The van der Waals surface area contributed by atoms with Crippen molar-refractivity contribution in [1.29, 1.82) is 0 Å². The van der Waals surface area contributed by atoms with Crippen molar-refractivity contribution >= 4 is 52.6 Å². The van der Waals surface area contributed by atoms with E-state index in [0.717, 1.165) is 0 Å². The molecule has 13 heteroatoms. The van der Waals surface area contributed by atoms with Crippen molar-refractivity contribution in [2.24, 2.45) is 0 Å². The monoisotopic (exact) mass is 614 g/mol. The Morgan fingerprint density at radius 2 is 1.93 bits per heavy atom. The molecule has 4 amide bonds. The number of hydrogen-bond donors (Lipinski definition) is 4. The predicted octanol–water partition coefficient (Wildman–Crippen LogP) is 3.70. The first kappa shape index (κ1) is 30.9. The Hall–Kier alpha value is -5.59. The topological polar surface area (TPSA) is 160 Å². The molecule has 3 heterocycles. The molecule has 4 N–H and O–H groups in total. The molecule has 0 radical (unpaired) electrons. The third-order valence-corrected chi connectivity index (χ3v) is 7.49. The van der Waals surface area contributed by atoms with Crippen LogP contribution < -0.4 is 35.5 Å². The molecule has 2 aliphatic heterocycles. The van der Waals surface area contributed by atoms with Crippen LogP contribution in [0.2, 0.25) is 0 Å². The summed E-state index contributed by atoms with van der Waals surface area (Å²) in [6, 6.07) is 9.65. The predicted molar refractivity (Wildman–Crippen MR) is 168 cm³/mol. The molecule has 2 aromatic carbocycles. The Bertz CT molecular complexity index is 1690. The van der Waals surface area contributed by atoms with Gasteiger partial charge in [-0.25, -0.2) is 4.98 Å². The Morgan fingerprint density at radius 3 is 2.64 bits per heavy atom. The van der Waals surface area contributed by atoms with Gasteiger partial charge in [0.1, 0.15) is 11.9 Å². The van der Waals surface area contributed by atoms with E-state index in [1.165, 1.54) is 25.2 Å². The highest BCUT2D eigenvalue weighted by atomic mass is 16.5. The van der Waals surface area contributed by atoms with Gasteiger partial charge in [-0.2, -0.15) is 0 Å². The van der Waals surface area contributed by atoms with Gasteiger partial charge in [-0.15, -0.1) is 0 Å². The van der Waals surface area contributed by atoms with Crippen LogP contribution in [0.25, 0.3) is 6.08 Å². The standard InChI is InChI=1S/C32H34N6O7/c1-5-45-25-16-19(15-24(43-3)29(25)44-4)35-30-18(7-6-14-34-30)8-12-26(39)36-22-10-9-20-21(28(22)33-2)17-38(32(20)42)23-11-13-27(40)37-31(23)41/h6-10,12,14-16,23,33H,5,11,13,17H2,1-4H3,(H,34,35)(H,36,39)(H,37,40,41)/b12-8+. The highest BCUT2D eigenvalue weighted by molar-refractivity contribution is 6.09. The maximum absolute atomic E-state index is 13.2. The van der Waals surface area contributed by atoms with E-state index in [9.17, 15) is 19.2 Å². The number of carbonyl (C=O) groups excluding carboxylic acids is 4. The fraction of sp³-hybridized carbons (Fsp3) is 0.281. The SMILES string of the molecule is CCOc1cc(Nc2ncccc2/C=C/C(=O)Nc2ccc3c(c2NC)CN(C2CCC(=O)NC2=O)C3=O)cc(OC)c1OC. The second-order valence-electron chi connectivity index (χ2n) is 10.2. The molecule has 45 heavy (non-hydrogen) atoms. The number of methoxy groups -OCH3 is 2. The molecule has 0 bridgehead atoms. The average Bonchev–Trinajstić information content (AvgIpc) is 3.36. The molecule has 234 valence electrons. The molecule has 1 fully saturated rings. The van der Waals surface area contributed by atoms with E-state index >= 15 is 0 Å². The van der Waals surface area contributed by atoms with Crippen LogP contribution in [0.3, 0.4) is 0 Å². The molecule has 0 aliphatic carbocycles. The second-order valence-corrected chi connectivity index (χ2v) is 10.2. The van der Waals surface area contributed by atoms with Crippen LogP contribution >= 0.6 is 0 Å². The molecule has 1 saturated heterocycles. The Morgan fingerprint density at radius 1 is 1.13 bits per heavy atom. The lowest BCUT2D eigenvalue weighted by molar-refractivity contribution is -0.136. The van der Waals surface area contributed by atoms with Crippen LogP contribution in [0.5, 0.6) is 17.2 Å². The number of amides is 4. The third-order valence-electron chi connectivity index (χ3n) is 7.49. The largest absolute Gasteiger partial charge is 0.493 e. The zero-order valence-electron chi connectivity index (χ0n) is 25.4. The number of pyridine rings is 1. The number of nitrogens with one attached hydrogen (secondary N) is 4. The zero-order chi connectivity index (χ0) is 32.1. The van der Waals surface area contributed by atoms with Gasteiger partial charge in [0.05, 0.1) is 32.2 Å².